The van der Waals surface area contributed by atoms with Gasteiger partial charge in [-0.05, 0) is 23.8 Å². The van der Waals surface area contributed by atoms with Crippen molar-refractivity contribution in [1.82, 2.24) is 0 Å². The van der Waals surface area contributed by atoms with Gasteiger partial charge < -0.3 is 5.11 Å². The summed E-state index contributed by atoms with van der Waals surface area (Å²) in [5.74, 6) is -2.90. The van der Waals surface area contributed by atoms with E-state index in [0.29, 0.717) is 5.56 Å². The van der Waals surface area contributed by atoms with Crippen LogP contribution in [0.5, 0.6) is 0 Å². The van der Waals surface area contributed by atoms with Crippen LogP contribution >= 0.6 is 0 Å². The lowest BCUT2D eigenvalue weighted by atomic mass is 9.92. The second-order valence-electron chi connectivity index (χ2n) is 4.58. The van der Waals surface area contributed by atoms with Gasteiger partial charge in [0.15, 0.2) is 15.6 Å². The standard InChI is InChI=1S/C14H12O6S2/c15-14(16)9-22(19,20)11-7-5-10(6-8-11)12-3-1-2-4-13(12)21(17)18/h1-8,12H,9H2,(H,15,16). The maximum Gasteiger partial charge on any atom is 0.319 e. The summed E-state index contributed by atoms with van der Waals surface area (Å²) in [6, 6.07) is 5.53. The highest BCUT2D eigenvalue weighted by Gasteiger charge is 2.21. The molecular weight excluding hydrogens is 328 g/mol. The van der Waals surface area contributed by atoms with Gasteiger partial charge in [-0.15, -0.1) is 0 Å². The number of sulfone groups is 1. The SMILES string of the molecule is O=C(O)CS(=O)(=O)c1ccc(C2C=CC=CC2=S(=O)=O)cc1. The predicted molar refractivity (Wildman–Crippen MR) is 81.1 cm³/mol. The van der Waals surface area contributed by atoms with Crippen LogP contribution in [0.2, 0.25) is 0 Å². The number of allylic oxidation sites excluding steroid dienone is 4. The highest BCUT2D eigenvalue weighted by molar-refractivity contribution is 7.92. The number of carbonyl (C=O) groups is 1. The topological polar surface area (TPSA) is 106 Å². The first-order valence-electron chi connectivity index (χ1n) is 6.17. The Bertz CT molecular complexity index is 879. The van der Waals surface area contributed by atoms with Gasteiger partial charge in [0, 0.05) is 5.92 Å². The quantitative estimate of drug-likeness (QED) is 0.813. The molecule has 0 saturated carbocycles. The third-order valence-corrected chi connectivity index (χ3v) is 5.48. The molecule has 1 unspecified atom stereocenters. The molecule has 0 bridgehead atoms. The molecule has 0 saturated heterocycles. The lowest BCUT2D eigenvalue weighted by Gasteiger charge is -2.14. The molecule has 1 aliphatic carbocycles. The third kappa shape index (κ3) is 3.52. The van der Waals surface area contributed by atoms with Crippen LogP contribution < -0.4 is 0 Å². The fraction of sp³-hybridized carbons (Fsp3) is 0.143. The molecule has 1 atom stereocenters. The first-order chi connectivity index (χ1) is 10.3. The van der Waals surface area contributed by atoms with Crippen molar-refractivity contribution in [1.29, 1.82) is 0 Å². The lowest BCUT2D eigenvalue weighted by Crippen LogP contribution is -2.16. The summed E-state index contributed by atoms with van der Waals surface area (Å²) in [6.45, 7) is 0. The van der Waals surface area contributed by atoms with Crippen molar-refractivity contribution in [2.45, 2.75) is 10.8 Å². The van der Waals surface area contributed by atoms with Gasteiger partial charge >= 0.3 is 5.97 Å². The summed E-state index contributed by atoms with van der Waals surface area (Å²) in [7, 11) is -6.28. The first-order valence-corrected chi connectivity index (χ1v) is 8.89. The smallest absolute Gasteiger partial charge is 0.319 e. The molecule has 0 spiro atoms. The molecule has 1 aromatic rings. The van der Waals surface area contributed by atoms with Gasteiger partial charge in [-0.1, -0.05) is 30.4 Å². The number of rotatable bonds is 4. The minimum atomic E-state index is -3.90. The average Bonchev–Trinajstić information content (AvgIpc) is 2.46. The molecule has 22 heavy (non-hydrogen) atoms. The van der Waals surface area contributed by atoms with E-state index in [-0.39, 0.29) is 9.76 Å². The Morgan fingerprint density at radius 3 is 2.32 bits per heavy atom. The Labute approximate surface area is 128 Å². The predicted octanol–water partition coefficient (Wildman–Crippen LogP) is 0.806. The van der Waals surface area contributed by atoms with Crippen molar-refractivity contribution >= 4 is 31.0 Å². The van der Waals surface area contributed by atoms with Crippen molar-refractivity contribution in [2.75, 3.05) is 5.75 Å². The Morgan fingerprint density at radius 2 is 1.77 bits per heavy atom. The third-order valence-electron chi connectivity index (χ3n) is 3.09. The van der Waals surface area contributed by atoms with E-state index in [1.165, 1.54) is 30.3 Å². The number of carboxylic acid groups (broad SMARTS) is 1. The van der Waals surface area contributed by atoms with Gasteiger partial charge in [0.25, 0.3) is 0 Å². The second kappa shape index (κ2) is 6.29. The van der Waals surface area contributed by atoms with E-state index in [1.807, 2.05) is 0 Å². The van der Waals surface area contributed by atoms with Crippen molar-refractivity contribution in [3.63, 3.8) is 0 Å². The summed E-state index contributed by atoms with van der Waals surface area (Å²) in [4.78, 5) is 10.6. The summed E-state index contributed by atoms with van der Waals surface area (Å²) < 4.78 is 46.0. The molecule has 8 heteroatoms. The van der Waals surface area contributed by atoms with Crippen molar-refractivity contribution in [2.24, 2.45) is 0 Å². The van der Waals surface area contributed by atoms with Crippen LogP contribution in [0.15, 0.2) is 53.5 Å². The summed E-state index contributed by atoms with van der Waals surface area (Å²) in [6.07, 6.45) is 6.47. The summed E-state index contributed by atoms with van der Waals surface area (Å²) in [5.41, 5.74) is 0.606. The van der Waals surface area contributed by atoms with Crippen LogP contribution in [0.3, 0.4) is 0 Å². The zero-order chi connectivity index (χ0) is 16.3. The maximum atomic E-state index is 11.8. The molecule has 1 aliphatic rings. The second-order valence-corrected chi connectivity index (χ2v) is 7.51. The van der Waals surface area contributed by atoms with Crippen LogP contribution in [0.1, 0.15) is 11.5 Å². The molecule has 0 aromatic heterocycles. The van der Waals surface area contributed by atoms with Gasteiger partial charge in [0.1, 0.15) is 0 Å². The summed E-state index contributed by atoms with van der Waals surface area (Å²) in [5, 5.41) is 8.60. The van der Waals surface area contributed by atoms with Crippen LogP contribution in [-0.4, -0.2) is 38.5 Å². The Balaban J connectivity index is 2.38. The molecule has 0 heterocycles. The molecule has 0 radical (unpaired) electrons. The van der Waals surface area contributed by atoms with Gasteiger partial charge in [0.05, 0.1) is 9.76 Å². The number of carboxylic acids is 1. The molecular formula is C14H12O6S2. The highest BCUT2D eigenvalue weighted by atomic mass is 32.2. The maximum absolute atomic E-state index is 11.8. The minimum Gasteiger partial charge on any atom is -0.480 e. The average molecular weight is 340 g/mol. The largest absolute Gasteiger partial charge is 0.480 e. The first kappa shape index (κ1) is 16.2. The van der Waals surface area contributed by atoms with E-state index in [9.17, 15) is 21.6 Å². The molecule has 0 amide bonds. The fourth-order valence-electron chi connectivity index (χ4n) is 2.09. The molecule has 0 aliphatic heterocycles. The van der Waals surface area contributed by atoms with Crippen LogP contribution in [0, 0.1) is 0 Å². The van der Waals surface area contributed by atoms with Gasteiger partial charge in [-0.25, -0.2) is 8.42 Å². The Kier molecular flexibility index (Phi) is 4.62. The zero-order valence-corrected chi connectivity index (χ0v) is 12.8. The molecule has 2 rings (SSSR count). The molecule has 1 aromatic carbocycles. The zero-order valence-electron chi connectivity index (χ0n) is 11.2. The summed E-state index contributed by atoms with van der Waals surface area (Å²) >= 11 is 0. The molecule has 1 N–H and O–H groups in total. The lowest BCUT2D eigenvalue weighted by molar-refractivity contribution is -0.134. The van der Waals surface area contributed by atoms with Gasteiger partial charge in [-0.3, -0.25) is 4.79 Å². The fourth-order valence-corrected chi connectivity index (χ4v) is 3.74. The van der Waals surface area contributed by atoms with Gasteiger partial charge in [0.2, 0.25) is 10.3 Å². The van der Waals surface area contributed by atoms with E-state index in [0.717, 1.165) is 0 Å². The van der Waals surface area contributed by atoms with Crippen LogP contribution in [0.4, 0.5) is 0 Å². The van der Waals surface area contributed by atoms with Crippen molar-refractivity contribution in [3.8, 4) is 0 Å². The Hall–Kier alpha value is -2.19. The molecule has 6 nitrogen and oxygen atoms in total. The van der Waals surface area contributed by atoms with Crippen LogP contribution in [0.25, 0.3) is 0 Å². The number of benzene rings is 1. The van der Waals surface area contributed by atoms with Crippen molar-refractivity contribution < 1.29 is 26.7 Å². The van der Waals surface area contributed by atoms with E-state index in [4.69, 9.17) is 5.11 Å². The molecule has 0 fully saturated rings. The van der Waals surface area contributed by atoms with E-state index < -0.39 is 37.8 Å². The highest BCUT2D eigenvalue weighted by Crippen LogP contribution is 2.24. The number of aliphatic carboxylic acids is 1. The van der Waals surface area contributed by atoms with E-state index in [1.54, 1.807) is 18.2 Å². The molecule has 116 valence electrons. The van der Waals surface area contributed by atoms with Crippen LogP contribution in [-0.2, 0) is 24.9 Å². The normalized spacial score (nSPS) is 17.5. The van der Waals surface area contributed by atoms with Gasteiger partial charge in [-0.2, -0.15) is 8.42 Å². The van der Waals surface area contributed by atoms with E-state index in [2.05, 4.69) is 0 Å². The number of hydrogen-bond donors (Lipinski definition) is 1. The van der Waals surface area contributed by atoms with Crippen molar-refractivity contribution in [3.05, 3.63) is 54.1 Å². The monoisotopic (exact) mass is 340 g/mol. The minimum absolute atomic E-state index is 0.112. The Morgan fingerprint density at radius 1 is 1.14 bits per heavy atom. The van der Waals surface area contributed by atoms with E-state index >= 15 is 0 Å². The number of hydrogen-bond acceptors (Lipinski definition) is 5.